The number of phenols is 1. The van der Waals surface area contributed by atoms with Crippen molar-refractivity contribution in [1.29, 1.82) is 0 Å². The van der Waals surface area contributed by atoms with Crippen LogP contribution in [0.5, 0.6) is 5.75 Å². The third-order valence-corrected chi connectivity index (χ3v) is 2.93. The van der Waals surface area contributed by atoms with E-state index in [1.165, 1.54) is 4.80 Å². The SMILES string of the molecule is CC.Cc1cc(C)c(O)c(-n2nc3ccccc3n2)c1. The van der Waals surface area contributed by atoms with Gasteiger partial charge in [0.05, 0.1) is 0 Å². The molecule has 0 aliphatic rings. The quantitative estimate of drug-likeness (QED) is 0.731. The highest BCUT2D eigenvalue weighted by Crippen LogP contribution is 2.26. The van der Waals surface area contributed by atoms with E-state index in [9.17, 15) is 5.11 Å². The second kappa shape index (κ2) is 5.74. The Labute approximate surface area is 118 Å². The Balaban J connectivity index is 0.000000704. The molecular weight excluding hydrogens is 250 g/mol. The zero-order valence-corrected chi connectivity index (χ0v) is 12.3. The number of nitrogens with zero attached hydrogens (tertiary/aromatic N) is 3. The maximum absolute atomic E-state index is 10.1. The summed E-state index contributed by atoms with van der Waals surface area (Å²) in [6.45, 7) is 7.86. The molecule has 0 radical (unpaired) electrons. The second-order valence-corrected chi connectivity index (χ2v) is 4.43. The zero-order chi connectivity index (χ0) is 14.7. The summed E-state index contributed by atoms with van der Waals surface area (Å²) >= 11 is 0. The summed E-state index contributed by atoms with van der Waals surface area (Å²) in [5, 5.41) is 18.8. The molecule has 20 heavy (non-hydrogen) atoms. The Hall–Kier alpha value is -2.36. The summed E-state index contributed by atoms with van der Waals surface area (Å²) in [4.78, 5) is 1.49. The van der Waals surface area contributed by atoms with E-state index < -0.39 is 0 Å². The molecule has 0 amide bonds. The summed E-state index contributed by atoms with van der Waals surface area (Å²) < 4.78 is 0. The van der Waals surface area contributed by atoms with E-state index in [4.69, 9.17) is 0 Å². The average Bonchev–Trinajstić information content (AvgIpc) is 2.88. The summed E-state index contributed by atoms with van der Waals surface area (Å²) in [5.41, 5.74) is 4.14. The van der Waals surface area contributed by atoms with Crippen molar-refractivity contribution >= 4 is 11.0 Å². The van der Waals surface area contributed by atoms with E-state index in [0.29, 0.717) is 5.69 Å². The minimum absolute atomic E-state index is 0.223. The number of benzene rings is 2. The van der Waals surface area contributed by atoms with E-state index >= 15 is 0 Å². The van der Waals surface area contributed by atoms with Gasteiger partial charge in [-0.1, -0.05) is 32.0 Å². The van der Waals surface area contributed by atoms with Crippen molar-refractivity contribution in [2.45, 2.75) is 27.7 Å². The highest BCUT2D eigenvalue weighted by Gasteiger charge is 2.10. The fraction of sp³-hybridized carbons (Fsp3) is 0.250. The Morgan fingerprint density at radius 3 is 2.05 bits per heavy atom. The van der Waals surface area contributed by atoms with Crippen molar-refractivity contribution in [3.05, 3.63) is 47.5 Å². The molecule has 0 unspecified atom stereocenters. The van der Waals surface area contributed by atoms with Crippen molar-refractivity contribution in [2.24, 2.45) is 0 Å². The number of fused-ring (bicyclic) bond motifs is 1. The van der Waals surface area contributed by atoms with Gasteiger partial charge >= 0.3 is 0 Å². The lowest BCUT2D eigenvalue weighted by molar-refractivity contribution is 0.463. The van der Waals surface area contributed by atoms with Gasteiger partial charge in [-0.25, -0.2) is 0 Å². The number of hydrogen-bond donors (Lipinski definition) is 1. The largest absolute Gasteiger partial charge is 0.505 e. The van der Waals surface area contributed by atoms with E-state index in [-0.39, 0.29) is 5.75 Å². The van der Waals surface area contributed by atoms with Crippen LogP contribution in [0.3, 0.4) is 0 Å². The van der Waals surface area contributed by atoms with Crippen LogP contribution in [0, 0.1) is 13.8 Å². The molecule has 1 N–H and O–H groups in total. The molecule has 104 valence electrons. The molecule has 1 aromatic heterocycles. The summed E-state index contributed by atoms with van der Waals surface area (Å²) in [6, 6.07) is 11.5. The van der Waals surface area contributed by atoms with E-state index in [1.54, 1.807) is 0 Å². The van der Waals surface area contributed by atoms with Crippen LogP contribution in [0.4, 0.5) is 0 Å². The molecule has 3 aromatic rings. The number of aromatic nitrogens is 3. The maximum atomic E-state index is 10.1. The molecule has 0 atom stereocenters. The van der Waals surface area contributed by atoms with Crippen molar-refractivity contribution in [1.82, 2.24) is 15.0 Å². The fourth-order valence-electron chi connectivity index (χ4n) is 2.06. The first kappa shape index (κ1) is 14.1. The first-order valence-corrected chi connectivity index (χ1v) is 6.78. The number of phenolic OH excluding ortho intramolecular Hbond substituents is 1. The van der Waals surface area contributed by atoms with Crippen molar-refractivity contribution in [2.75, 3.05) is 0 Å². The third kappa shape index (κ3) is 2.50. The second-order valence-electron chi connectivity index (χ2n) is 4.43. The van der Waals surface area contributed by atoms with Crippen molar-refractivity contribution in [3.63, 3.8) is 0 Å². The third-order valence-electron chi connectivity index (χ3n) is 2.93. The lowest BCUT2D eigenvalue weighted by atomic mass is 10.1. The van der Waals surface area contributed by atoms with Gasteiger partial charge in [-0.15, -0.1) is 15.0 Å². The van der Waals surface area contributed by atoms with Crippen molar-refractivity contribution < 1.29 is 5.11 Å². The van der Waals surface area contributed by atoms with Crippen LogP contribution in [0.2, 0.25) is 0 Å². The lowest BCUT2D eigenvalue weighted by Gasteiger charge is -2.07. The summed E-state index contributed by atoms with van der Waals surface area (Å²) in [5.74, 6) is 0.223. The van der Waals surface area contributed by atoms with Crippen molar-refractivity contribution in [3.8, 4) is 11.4 Å². The normalized spacial score (nSPS) is 10.2. The smallest absolute Gasteiger partial charge is 0.146 e. The topological polar surface area (TPSA) is 50.9 Å². The monoisotopic (exact) mass is 269 g/mol. The highest BCUT2D eigenvalue weighted by molar-refractivity contribution is 5.73. The lowest BCUT2D eigenvalue weighted by Crippen LogP contribution is -2.00. The number of rotatable bonds is 1. The van der Waals surface area contributed by atoms with Gasteiger partial charge in [0.25, 0.3) is 0 Å². The minimum Gasteiger partial charge on any atom is -0.505 e. The van der Waals surface area contributed by atoms with Crippen LogP contribution in [0.15, 0.2) is 36.4 Å². The minimum atomic E-state index is 0.223. The molecule has 4 nitrogen and oxygen atoms in total. The van der Waals surface area contributed by atoms with Crippen LogP contribution >= 0.6 is 0 Å². The molecule has 0 fully saturated rings. The molecule has 3 rings (SSSR count). The maximum Gasteiger partial charge on any atom is 0.146 e. The summed E-state index contributed by atoms with van der Waals surface area (Å²) in [6.07, 6.45) is 0. The van der Waals surface area contributed by atoms with E-state index in [2.05, 4.69) is 10.2 Å². The molecule has 2 aromatic carbocycles. The van der Waals surface area contributed by atoms with Crippen LogP contribution < -0.4 is 0 Å². The molecule has 0 saturated heterocycles. The van der Waals surface area contributed by atoms with Gasteiger partial charge in [-0.3, -0.25) is 0 Å². The van der Waals surface area contributed by atoms with Gasteiger partial charge < -0.3 is 5.11 Å². The standard InChI is InChI=1S/C14H13N3O.C2H6/c1-9-7-10(2)14(18)13(8-9)17-15-11-5-3-4-6-12(11)16-17;1-2/h3-8,18H,1-2H3;1-2H3. The first-order chi connectivity index (χ1) is 9.65. The Morgan fingerprint density at radius 2 is 1.50 bits per heavy atom. The number of aromatic hydroxyl groups is 1. The summed E-state index contributed by atoms with van der Waals surface area (Å²) in [7, 11) is 0. The molecule has 0 aliphatic heterocycles. The van der Waals surface area contributed by atoms with Crippen LogP contribution in [0.25, 0.3) is 16.7 Å². The molecule has 0 bridgehead atoms. The Morgan fingerprint density at radius 1 is 0.950 bits per heavy atom. The van der Waals surface area contributed by atoms with Gasteiger partial charge in [0.15, 0.2) is 0 Å². The molecule has 4 heteroatoms. The van der Waals surface area contributed by atoms with Crippen LogP contribution in [0.1, 0.15) is 25.0 Å². The number of aryl methyl sites for hydroxylation is 2. The predicted octanol–water partition coefficient (Wildman–Crippen LogP) is 3.77. The Kier molecular flexibility index (Phi) is 4.03. The van der Waals surface area contributed by atoms with E-state index in [1.807, 2.05) is 64.1 Å². The van der Waals surface area contributed by atoms with Gasteiger partial charge in [0.2, 0.25) is 0 Å². The van der Waals surface area contributed by atoms with E-state index in [0.717, 1.165) is 22.2 Å². The average molecular weight is 269 g/mol. The highest BCUT2D eigenvalue weighted by atomic mass is 16.3. The molecule has 0 aliphatic carbocycles. The van der Waals surface area contributed by atoms with Gasteiger partial charge in [-0.05, 0) is 43.2 Å². The first-order valence-electron chi connectivity index (χ1n) is 6.78. The van der Waals surface area contributed by atoms with Crippen LogP contribution in [-0.4, -0.2) is 20.1 Å². The fourth-order valence-corrected chi connectivity index (χ4v) is 2.06. The van der Waals surface area contributed by atoms with Gasteiger partial charge in [0.1, 0.15) is 22.5 Å². The van der Waals surface area contributed by atoms with Crippen LogP contribution in [-0.2, 0) is 0 Å². The predicted molar refractivity (Wildman–Crippen MR) is 81.4 cm³/mol. The molecular formula is C16H19N3O. The zero-order valence-electron chi connectivity index (χ0n) is 12.3. The molecule has 0 saturated carbocycles. The van der Waals surface area contributed by atoms with Gasteiger partial charge in [0, 0.05) is 0 Å². The number of hydrogen-bond acceptors (Lipinski definition) is 3. The Bertz CT molecular complexity index is 699. The van der Waals surface area contributed by atoms with Gasteiger partial charge in [-0.2, -0.15) is 0 Å². The molecule has 1 heterocycles. The molecule has 0 spiro atoms.